The Kier molecular flexibility index (Phi) is 7.98. The average Bonchev–Trinajstić information content (AvgIpc) is 2.54. The normalized spacial score (nSPS) is 15.7. The van der Waals surface area contributed by atoms with E-state index >= 15 is 0 Å². The first kappa shape index (κ1) is 19.9. The van der Waals surface area contributed by atoms with Crippen molar-refractivity contribution in [2.75, 3.05) is 18.4 Å². The van der Waals surface area contributed by atoms with Crippen LogP contribution in [-0.4, -0.2) is 27.4 Å². The van der Waals surface area contributed by atoms with Gasteiger partial charge < -0.3 is 11.1 Å². The molecule has 0 aromatic heterocycles. The van der Waals surface area contributed by atoms with Gasteiger partial charge in [0.05, 0.1) is 4.90 Å². The lowest BCUT2D eigenvalue weighted by Gasteiger charge is -2.20. The SMILES string of the molecule is Cl.NCCNS(=O)(=O)c1cccc(NC(=O)C2CCCCC2)c1. The summed E-state index contributed by atoms with van der Waals surface area (Å²) in [6.07, 6.45) is 5.15. The third kappa shape index (κ3) is 5.76. The maximum absolute atomic E-state index is 12.2. The number of carbonyl (C=O) groups excluding carboxylic acids is 1. The molecule has 1 aliphatic carbocycles. The summed E-state index contributed by atoms with van der Waals surface area (Å²) in [5.41, 5.74) is 5.81. The summed E-state index contributed by atoms with van der Waals surface area (Å²) in [6.45, 7) is 0.415. The van der Waals surface area contributed by atoms with E-state index < -0.39 is 10.0 Å². The van der Waals surface area contributed by atoms with Gasteiger partial charge >= 0.3 is 0 Å². The zero-order chi connectivity index (χ0) is 16.0. The van der Waals surface area contributed by atoms with Crippen LogP contribution in [0.15, 0.2) is 29.2 Å². The molecule has 130 valence electrons. The number of benzene rings is 1. The van der Waals surface area contributed by atoms with Crippen molar-refractivity contribution in [3.63, 3.8) is 0 Å². The smallest absolute Gasteiger partial charge is 0.240 e. The van der Waals surface area contributed by atoms with Gasteiger partial charge in [-0.05, 0) is 31.0 Å². The van der Waals surface area contributed by atoms with Gasteiger partial charge in [-0.25, -0.2) is 13.1 Å². The molecular formula is C15H24ClN3O3S. The molecule has 0 bridgehead atoms. The molecule has 0 atom stereocenters. The van der Waals surface area contributed by atoms with Crippen molar-refractivity contribution < 1.29 is 13.2 Å². The van der Waals surface area contributed by atoms with E-state index in [4.69, 9.17) is 5.73 Å². The van der Waals surface area contributed by atoms with Gasteiger partial charge in [-0.1, -0.05) is 25.3 Å². The van der Waals surface area contributed by atoms with Gasteiger partial charge in [0.2, 0.25) is 15.9 Å². The molecule has 1 aliphatic rings. The number of halogens is 1. The van der Waals surface area contributed by atoms with E-state index in [0.717, 1.165) is 25.7 Å². The molecule has 1 amide bonds. The predicted molar refractivity (Wildman–Crippen MR) is 93.1 cm³/mol. The zero-order valence-electron chi connectivity index (χ0n) is 13.0. The van der Waals surface area contributed by atoms with Crippen LogP contribution >= 0.6 is 12.4 Å². The Morgan fingerprint density at radius 3 is 2.57 bits per heavy atom. The first-order valence-electron chi connectivity index (χ1n) is 7.63. The second-order valence-corrected chi connectivity index (χ2v) is 7.31. The molecule has 1 aromatic rings. The summed E-state index contributed by atoms with van der Waals surface area (Å²) in [5.74, 6) is 0.00791. The highest BCUT2D eigenvalue weighted by atomic mass is 35.5. The number of nitrogens with one attached hydrogen (secondary N) is 2. The number of rotatable bonds is 6. The number of anilines is 1. The molecule has 0 unspecified atom stereocenters. The van der Waals surface area contributed by atoms with E-state index in [0.29, 0.717) is 5.69 Å². The molecule has 0 spiro atoms. The fourth-order valence-electron chi connectivity index (χ4n) is 2.63. The van der Waals surface area contributed by atoms with E-state index in [9.17, 15) is 13.2 Å². The van der Waals surface area contributed by atoms with E-state index in [1.54, 1.807) is 12.1 Å². The molecule has 0 aliphatic heterocycles. The van der Waals surface area contributed by atoms with Crippen LogP contribution in [0, 0.1) is 5.92 Å². The molecule has 2 rings (SSSR count). The minimum atomic E-state index is -3.59. The third-order valence-electron chi connectivity index (χ3n) is 3.82. The third-order valence-corrected chi connectivity index (χ3v) is 5.28. The fraction of sp³-hybridized carbons (Fsp3) is 0.533. The highest BCUT2D eigenvalue weighted by Crippen LogP contribution is 2.25. The van der Waals surface area contributed by atoms with Gasteiger partial charge in [0.1, 0.15) is 0 Å². The van der Waals surface area contributed by atoms with Gasteiger partial charge in [0, 0.05) is 24.7 Å². The zero-order valence-corrected chi connectivity index (χ0v) is 14.6. The number of amides is 1. The van der Waals surface area contributed by atoms with Crippen molar-refractivity contribution in [3.05, 3.63) is 24.3 Å². The fourth-order valence-corrected chi connectivity index (χ4v) is 3.72. The molecule has 0 saturated heterocycles. The van der Waals surface area contributed by atoms with Crippen LogP contribution in [0.1, 0.15) is 32.1 Å². The number of carbonyl (C=O) groups is 1. The number of hydrogen-bond donors (Lipinski definition) is 3. The summed E-state index contributed by atoms with van der Waals surface area (Å²) >= 11 is 0. The lowest BCUT2D eigenvalue weighted by atomic mass is 9.88. The van der Waals surface area contributed by atoms with Crippen LogP contribution < -0.4 is 15.8 Å². The molecule has 8 heteroatoms. The Labute approximate surface area is 143 Å². The highest BCUT2D eigenvalue weighted by molar-refractivity contribution is 7.89. The predicted octanol–water partition coefficient (Wildman–Crippen LogP) is 1.86. The van der Waals surface area contributed by atoms with Crippen molar-refractivity contribution >= 4 is 34.0 Å². The summed E-state index contributed by atoms with van der Waals surface area (Å²) in [4.78, 5) is 12.3. The average molecular weight is 362 g/mol. The number of hydrogen-bond acceptors (Lipinski definition) is 4. The topological polar surface area (TPSA) is 101 Å². The minimum absolute atomic E-state index is 0. The van der Waals surface area contributed by atoms with Crippen LogP contribution in [0.4, 0.5) is 5.69 Å². The van der Waals surface area contributed by atoms with Crippen molar-refractivity contribution in [1.29, 1.82) is 0 Å². The summed E-state index contributed by atoms with van der Waals surface area (Å²) in [5, 5.41) is 2.82. The first-order valence-corrected chi connectivity index (χ1v) is 9.12. The van der Waals surface area contributed by atoms with Crippen molar-refractivity contribution in [1.82, 2.24) is 4.72 Å². The molecule has 23 heavy (non-hydrogen) atoms. The van der Waals surface area contributed by atoms with Crippen LogP contribution in [-0.2, 0) is 14.8 Å². The second-order valence-electron chi connectivity index (χ2n) is 5.54. The van der Waals surface area contributed by atoms with Crippen LogP contribution in [0.2, 0.25) is 0 Å². The number of sulfonamides is 1. The summed E-state index contributed by atoms with van der Waals surface area (Å²) < 4.78 is 26.5. The summed E-state index contributed by atoms with van der Waals surface area (Å²) in [6, 6.07) is 6.28. The van der Waals surface area contributed by atoms with Crippen molar-refractivity contribution in [2.24, 2.45) is 11.7 Å². The van der Waals surface area contributed by atoms with E-state index in [2.05, 4.69) is 10.0 Å². The molecule has 0 heterocycles. The van der Waals surface area contributed by atoms with Crippen LogP contribution in [0.5, 0.6) is 0 Å². The molecule has 4 N–H and O–H groups in total. The van der Waals surface area contributed by atoms with Gasteiger partial charge in [0.25, 0.3) is 0 Å². The Hall–Kier alpha value is -1.15. The molecule has 1 aromatic carbocycles. The Balaban J connectivity index is 0.00000264. The highest BCUT2D eigenvalue weighted by Gasteiger charge is 2.21. The van der Waals surface area contributed by atoms with Gasteiger partial charge in [0.15, 0.2) is 0 Å². The van der Waals surface area contributed by atoms with Crippen LogP contribution in [0.3, 0.4) is 0 Å². The maximum atomic E-state index is 12.2. The standard InChI is InChI=1S/C15H23N3O3S.ClH/c16-9-10-17-22(20,21)14-8-4-7-13(11-14)18-15(19)12-5-2-1-3-6-12;/h4,7-8,11-12,17H,1-3,5-6,9-10,16H2,(H,18,19);1H. The first-order chi connectivity index (χ1) is 10.5. The lowest BCUT2D eigenvalue weighted by molar-refractivity contribution is -0.120. The van der Waals surface area contributed by atoms with Gasteiger partial charge in [-0.3, -0.25) is 4.79 Å². The summed E-state index contributed by atoms with van der Waals surface area (Å²) in [7, 11) is -3.59. The van der Waals surface area contributed by atoms with E-state index in [1.165, 1.54) is 18.6 Å². The molecule has 1 fully saturated rings. The molecule has 0 radical (unpaired) electrons. The monoisotopic (exact) mass is 361 g/mol. The second kappa shape index (κ2) is 9.22. The number of nitrogens with two attached hydrogens (primary N) is 1. The minimum Gasteiger partial charge on any atom is -0.329 e. The van der Waals surface area contributed by atoms with Gasteiger partial charge in [-0.2, -0.15) is 0 Å². The molecular weight excluding hydrogens is 338 g/mol. The molecule has 6 nitrogen and oxygen atoms in total. The van der Waals surface area contributed by atoms with Crippen LogP contribution in [0.25, 0.3) is 0 Å². The lowest BCUT2D eigenvalue weighted by Crippen LogP contribution is -2.29. The largest absolute Gasteiger partial charge is 0.329 e. The quantitative estimate of drug-likeness (QED) is 0.719. The van der Waals surface area contributed by atoms with E-state index in [1.807, 2.05) is 0 Å². The maximum Gasteiger partial charge on any atom is 0.240 e. The van der Waals surface area contributed by atoms with Crippen molar-refractivity contribution in [2.45, 2.75) is 37.0 Å². The van der Waals surface area contributed by atoms with Crippen molar-refractivity contribution in [3.8, 4) is 0 Å². The van der Waals surface area contributed by atoms with Gasteiger partial charge in [-0.15, -0.1) is 12.4 Å². The Morgan fingerprint density at radius 2 is 1.91 bits per heavy atom. The Morgan fingerprint density at radius 1 is 1.22 bits per heavy atom. The molecule has 1 saturated carbocycles. The van der Waals surface area contributed by atoms with E-state index in [-0.39, 0.29) is 42.2 Å². The Bertz CT molecular complexity index is 616.